The lowest BCUT2D eigenvalue weighted by Gasteiger charge is -2.31. The molecule has 0 saturated carbocycles. The van der Waals surface area contributed by atoms with E-state index in [0.717, 1.165) is 38.8 Å². The van der Waals surface area contributed by atoms with Crippen molar-refractivity contribution in [1.82, 2.24) is 15.5 Å². The summed E-state index contributed by atoms with van der Waals surface area (Å²) in [6.07, 6.45) is 4.13. The largest absolute Gasteiger partial charge is 0.366 e. The van der Waals surface area contributed by atoms with E-state index in [1.54, 1.807) is 11.4 Å². The Morgan fingerprint density at radius 2 is 1.92 bits per heavy atom. The van der Waals surface area contributed by atoms with Crippen molar-refractivity contribution in [3.05, 3.63) is 58.3 Å². The van der Waals surface area contributed by atoms with Crippen molar-refractivity contribution in [2.24, 2.45) is 5.41 Å². The summed E-state index contributed by atoms with van der Waals surface area (Å²) in [5.74, 6) is -0.724. The highest BCUT2D eigenvalue weighted by Gasteiger charge is 2.40. The minimum absolute atomic E-state index is 0.0119. The van der Waals surface area contributed by atoms with Crippen LogP contribution in [0.25, 0.3) is 0 Å². The fourth-order valence-corrected chi connectivity index (χ4v) is 5.65. The zero-order valence-electron chi connectivity index (χ0n) is 21.2. The first kappa shape index (κ1) is 26.5. The van der Waals surface area contributed by atoms with Crippen LogP contribution in [0.5, 0.6) is 0 Å². The summed E-state index contributed by atoms with van der Waals surface area (Å²) < 4.78 is 5.76. The molecule has 0 aliphatic carbocycles. The minimum atomic E-state index is -0.760. The molecular formula is C28H37N3O4S. The predicted molar refractivity (Wildman–Crippen MR) is 141 cm³/mol. The maximum Gasteiger partial charge on any atom is 0.252 e. The smallest absolute Gasteiger partial charge is 0.252 e. The maximum absolute atomic E-state index is 13.5. The lowest BCUT2D eigenvalue weighted by atomic mass is 9.80. The van der Waals surface area contributed by atoms with Gasteiger partial charge in [0.15, 0.2) is 5.78 Å². The molecule has 2 saturated heterocycles. The van der Waals surface area contributed by atoms with Crippen LogP contribution >= 0.6 is 11.3 Å². The van der Waals surface area contributed by atoms with Crippen molar-refractivity contribution in [3.63, 3.8) is 0 Å². The summed E-state index contributed by atoms with van der Waals surface area (Å²) in [4.78, 5) is 41.3. The van der Waals surface area contributed by atoms with Gasteiger partial charge in [0.2, 0.25) is 5.91 Å². The van der Waals surface area contributed by atoms with Crippen molar-refractivity contribution >= 4 is 28.9 Å². The lowest BCUT2D eigenvalue weighted by Crippen LogP contribution is -2.55. The van der Waals surface area contributed by atoms with Crippen molar-refractivity contribution in [2.75, 3.05) is 26.2 Å². The number of likely N-dealkylation sites (tertiary alicyclic amines) is 1. The zero-order valence-corrected chi connectivity index (χ0v) is 22.0. The predicted octanol–water partition coefficient (Wildman–Crippen LogP) is 3.44. The number of benzene rings is 1. The van der Waals surface area contributed by atoms with Gasteiger partial charge in [-0.25, -0.2) is 0 Å². The molecule has 3 atom stereocenters. The van der Waals surface area contributed by atoms with Crippen LogP contribution < -0.4 is 10.6 Å². The molecule has 0 bridgehead atoms. The summed E-state index contributed by atoms with van der Waals surface area (Å²) in [5, 5.41) is 9.50. The number of nitrogens with zero attached hydrogens (tertiary/aromatic N) is 1. The Hall–Kier alpha value is -2.55. The molecule has 3 heterocycles. The van der Waals surface area contributed by atoms with E-state index in [1.807, 2.05) is 23.6 Å². The first-order valence-corrected chi connectivity index (χ1v) is 13.8. The summed E-state index contributed by atoms with van der Waals surface area (Å²) in [6, 6.07) is 10.6. The van der Waals surface area contributed by atoms with Crippen molar-refractivity contribution < 1.29 is 19.1 Å². The molecule has 7 nitrogen and oxygen atoms in total. The van der Waals surface area contributed by atoms with Crippen molar-refractivity contribution in [2.45, 2.75) is 64.1 Å². The van der Waals surface area contributed by atoms with Gasteiger partial charge in [-0.2, -0.15) is 11.3 Å². The van der Waals surface area contributed by atoms with Gasteiger partial charge in [-0.15, -0.1) is 0 Å². The molecule has 1 aromatic heterocycles. The lowest BCUT2D eigenvalue weighted by molar-refractivity contribution is -0.128. The Bertz CT molecular complexity index is 1020. The van der Waals surface area contributed by atoms with E-state index in [2.05, 4.69) is 41.5 Å². The highest BCUT2D eigenvalue weighted by Crippen LogP contribution is 2.29. The number of Topliss-reactive ketones (excluding diaryl/α,β-unsaturated/α-hetero) is 1. The van der Waals surface area contributed by atoms with Gasteiger partial charge in [0, 0.05) is 11.9 Å². The third-order valence-electron chi connectivity index (χ3n) is 7.19. The summed E-state index contributed by atoms with van der Waals surface area (Å²) >= 11 is 1.44. The van der Waals surface area contributed by atoms with Crippen LogP contribution in [0.2, 0.25) is 0 Å². The number of ketones is 1. The van der Waals surface area contributed by atoms with Crippen LogP contribution in [-0.2, 0) is 20.7 Å². The van der Waals surface area contributed by atoms with Crippen LogP contribution in [0.1, 0.15) is 55.5 Å². The van der Waals surface area contributed by atoms with Crippen LogP contribution in [0.3, 0.4) is 0 Å². The highest BCUT2D eigenvalue weighted by atomic mass is 32.1. The Kier molecular flexibility index (Phi) is 8.93. The van der Waals surface area contributed by atoms with Gasteiger partial charge in [-0.1, -0.05) is 44.2 Å². The minimum Gasteiger partial charge on any atom is -0.366 e. The van der Waals surface area contributed by atoms with Gasteiger partial charge < -0.3 is 20.3 Å². The van der Waals surface area contributed by atoms with Crippen molar-refractivity contribution in [3.8, 4) is 0 Å². The fourth-order valence-electron chi connectivity index (χ4n) is 5.01. The van der Waals surface area contributed by atoms with Crippen LogP contribution in [0.4, 0.5) is 0 Å². The Labute approximate surface area is 217 Å². The molecular weight excluding hydrogens is 474 g/mol. The summed E-state index contributed by atoms with van der Waals surface area (Å²) in [7, 11) is 0. The van der Waals surface area contributed by atoms with E-state index >= 15 is 0 Å². The van der Waals surface area contributed by atoms with Gasteiger partial charge in [-0.3, -0.25) is 14.4 Å². The fraction of sp³-hybridized carbons (Fsp3) is 0.536. The molecule has 4 rings (SSSR count). The molecule has 2 N–H and O–H groups in total. The van der Waals surface area contributed by atoms with E-state index in [0.29, 0.717) is 18.5 Å². The number of aryl methyl sites for hydroxylation is 1. The number of rotatable bonds is 11. The van der Waals surface area contributed by atoms with Crippen LogP contribution in [-0.4, -0.2) is 66.9 Å². The van der Waals surface area contributed by atoms with E-state index in [1.165, 1.54) is 16.9 Å². The molecule has 194 valence electrons. The standard InChI is InChI=1S/C28H37N3O4S/c1-28(2,12-10-20-8-4-3-5-9-20)16-22(29-26(33)21-11-15-36-19-21)27(34)30-25-23(32)18-35-24(25)17-31-13-6-7-14-31/h3-5,8-9,11,15,19,22,24-25H,6-7,10,12-14,16-18H2,1-2H3,(H,29,33)(H,30,34). The molecule has 0 radical (unpaired) electrons. The average Bonchev–Trinajstić information content (AvgIpc) is 3.63. The summed E-state index contributed by atoms with van der Waals surface area (Å²) in [6.45, 7) is 6.86. The van der Waals surface area contributed by atoms with Gasteiger partial charge >= 0.3 is 0 Å². The molecule has 2 aliphatic rings. The molecule has 2 aliphatic heterocycles. The number of carbonyl (C=O) groups excluding carboxylic acids is 3. The number of nitrogens with one attached hydrogen (secondary N) is 2. The monoisotopic (exact) mass is 511 g/mol. The molecule has 2 fully saturated rings. The van der Waals surface area contributed by atoms with Gasteiger partial charge in [0.25, 0.3) is 5.91 Å². The second-order valence-electron chi connectivity index (χ2n) is 10.7. The quantitative estimate of drug-likeness (QED) is 0.483. The molecule has 0 spiro atoms. The molecule has 2 aromatic rings. The summed E-state index contributed by atoms with van der Waals surface area (Å²) in [5.41, 5.74) is 1.56. The number of amides is 2. The van der Waals surface area contributed by atoms with Gasteiger partial charge in [0.05, 0.1) is 11.7 Å². The van der Waals surface area contributed by atoms with Crippen LogP contribution in [0.15, 0.2) is 47.2 Å². The number of hydrogen-bond donors (Lipinski definition) is 2. The molecule has 3 unspecified atom stereocenters. The van der Waals surface area contributed by atoms with Gasteiger partial charge in [-0.05, 0) is 67.6 Å². The normalized spacial score (nSPS) is 21.4. The first-order valence-electron chi connectivity index (χ1n) is 12.8. The Balaban J connectivity index is 1.44. The zero-order chi connectivity index (χ0) is 25.5. The second-order valence-corrected chi connectivity index (χ2v) is 11.5. The molecule has 2 amide bonds. The number of thiophene rings is 1. The van der Waals surface area contributed by atoms with E-state index in [-0.39, 0.29) is 35.7 Å². The van der Waals surface area contributed by atoms with Crippen molar-refractivity contribution in [1.29, 1.82) is 0 Å². The number of ether oxygens (including phenoxy) is 1. The molecule has 36 heavy (non-hydrogen) atoms. The number of hydrogen-bond acceptors (Lipinski definition) is 6. The first-order chi connectivity index (χ1) is 17.3. The topological polar surface area (TPSA) is 87.7 Å². The average molecular weight is 512 g/mol. The van der Waals surface area contributed by atoms with Crippen LogP contribution in [0, 0.1) is 5.41 Å². The maximum atomic E-state index is 13.5. The van der Waals surface area contributed by atoms with Gasteiger partial charge in [0.1, 0.15) is 18.7 Å². The van der Waals surface area contributed by atoms with E-state index in [4.69, 9.17) is 4.74 Å². The Morgan fingerprint density at radius 1 is 1.17 bits per heavy atom. The van der Waals surface area contributed by atoms with E-state index in [9.17, 15) is 14.4 Å². The Morgan fingerprint density at radius 3 is 2.61 bits per heavy atom. The SMILES string of the molecule is CC(C)(CCc1ccccc1)CC(NC(=O)c1ccsc1)C(=O)NC1C(=O)COC1CN1CCCC1. The van der Waals surface area contributed by atoms with E-state index < -0.39 is 12.1 Å². The number of carbonyl (C=O) groups is 3. The second kappa shape index (κ2) is 12.1. The third kappa shape index (κ3) is 7.24. The highest BCUT2D eigenvalue weighted by molar-refractivity contribution is 7.08. The molecule has 8 heteroatoms. The molecule has 1 aromatic carbocycles. The third-order valence-corrected chi connectivity index (χ3v) is 7.87.